The van der Waals surface area contributed by atoms with Crippen molar-refractivity contribution >= 4 is 13.5 Å². The molecule has 0 heterocycles. The van der Waals surface area contributed by atoms with E-state index in [2.05, 4.69) is 13.8 Å². The molecule has 0 aliphatic heterocycles. The van der Waals surface area contributed by atoms with Crippen molar-refractivity contribution < 1.29 is 14.9 Å². The van der Waals surface area contributed by atoms with Crippen molar-refractivity contribution in [3.63, 3.8) is 0 Å². The van der Waals surface area contributed by atoms with E-state index in [0.29, 0.717) is 12.7 Å². The molecule has 0 aromatic rings. The fraction of sp³-hybridized carbons (Fsp3) is 0.929. The molecule has 1 fully saturated rings. The summed E-state index contributed by atoms with van der Waals surface area (Å²) in [5.74, 6) is -0.839. The molecule has 4 N–H and O–H groups in total. The van der Waals surface area contributed by atoms with E-state index < -0.39 is 11.5 Å². The van der Waals surface area contributed by atoms with Crippen LogP contribution in [-0.4, -0.2) is 29.1 Å². The van der Waals surface area contributed by atoms with Gasteiger partial charge in [0.1, 0.15) is 5.54 Å². The van der Waals surface area contributed by atoms with Gasteiger partial charge in [-0.1, -0.05) is 39.4 Å². The number of hydrogen-bond acceptors (Lipinski definition) is 3. The summed E-state index contributed by atoms with van der Waals surface area (Å²) in [4.78, 5) is 11.6. The maximum Gasteiger partial charge on any atom is 0.323 e. The van der Waals surface area contributed by atoms with Gasteiger partial charge in [-0.2, -0.15) is 0 Å². The Morgan fingerprint density at radius 3 is 2.63 bits per heavy atom. The van der Waals surface area contributed by atoms with E-state index in [4.69, 9.17) is 10.8 Å². The van der Waals surface area contributed by atoms with Crippen molar-refractivity contribution in [2.45, 2.75) is 70.7 Å². The molecule has 0 aromatic carbocycles. The molecule has 5 heteroatoms. The Balaban J connectivity index is 2.84. The molecular formula is C14H27BNO3. The standard InChI is InChI=1S/C14H27BNO3/c1-3-7-13(4-2)9-11(6-5-8-15-19)14(16,10-13)12(17)18/h11,19H,3-10,16H2,1-2H3,(H,17,18). The summed E-state index contributed by atoms with van der Waals surface area (Å²) >= 11 is 0. The molecule has 1 aliphatic rings. The topological polar surface area (TPSA) is 83.5 Å². The third-order valence-electron chi connectivity index (χ3n) is 4.89. The van der Waals surface area contributed by atoms with Crippen LogP contribution in [0.1, 0.15) is 58.8 Å². The third-order valence-corrected chi connectivity index (χ3v) is 4.89. The molecule has 3 unspecified atom stereocenters. The second kappa shape index (κ2) is 6.75. The summed E-state index contributed by atoms with van der Waals surface area (Å²) in [5, 5.41) is 18.3. The lowest BCUT2D eigenvalue weighted by Gasteiger charge is -2.29. The molecule has 1 rings (SSSR count). The average molecular weight is 268 g/mol. The molecule has 3 atom stereocenters. The largest absolute Gasteiger partial charge is 0.480 e. The molecule has 0 bridgehead atoms. The molecule has 0 amide bonds. The summed E-state index contributed by atoms with van der Waals surface area (Å²) < 4.78 is 0. The molecule has 0 spiro atoms. The summed E-state index contributed by atoms with van der Waals surface area (Å²) in [5.41, 5.74) is 5.25. The van der Waals surface area contributed by atoms with Gasteiger partial charge in [0.05, 0.1) is 0 Å². The van der Waals surface area contributed by atoms with E-state index in [-0.39, 0.29) is 11.3 Å². The van der Waals surface area contributed by atoms with Gasteiger partial charge in [-0.05, 0) is 37.0 Å². The fourth-order valence-electron chi connectivity index (χ4n) is 3.77. The predicted molar refractivity (Wildman–Crippen MR) is 76.9 cm³/mol. The molecule has 109 valence electrons. The van der Waals surface area contributed by atoms with Crippen molar-refractivity contribution in [1.82, 2.24) is 0 Å². The number of carbonyl (C=O) groups is 1. The Hall–Kier alpha value is -0.545. The van der Waals surface area contributed by atoms with Crippen molar-refractivity contribution in [2.24, 2.45) is 17.1 Å². The zero-order chi connectivity index (χ0) is 14.5. The average Bonchev–Trinajstić information content (AvgIpc) is 2.65. The Morgan fingerprint density at radius 1 is 1.47 bits per heavy atom. The van der Waals surface area contributed by atoms with Gasteiger partial charge in [-0.15, -0.1) is 0 Å². The Labute approximate surface area is 117 Å². The molecule has 4 nitrogen and oxygen atoms in total. The van der Waals surface area contributed by atoms with Gasteiger partial charge in [0.2, 0.25) is 0 Å². The van der Waals surface area contributed by atoms with Crippen LogP contribution < -0.4 is 5.73 Å². The predicted octanol–water partition coefficient (Wildman–Crippen LogP) is 2.18. The van der Waals surface area contributed by atoms with Crippen LogP contribution in [0.2, 0.25) is 6.32 Å². The number of aliphatic carboxylic acids is 1. The third kappa shape index (κ3) is 3.51. The van der Waals surface area contributed by atoms with Crippen molar-refractivity contribution in [1.29, 1.82) is 0 Å². The first-order valence-corrected chi connectivity index (χ1v) is 7.42. The molecule has 0 aromatic heterocycles. The lowest BCUT2D eigenvalue weighted by Crippen LogP contribution is -2.51. The van der Waals surface area contributed by atoms with Gasteiger partial charge in [0, 0.05) is 0 Å². The first kappa shape index (κ1) is 16.5. The van der Waals surface area contributed by atoms with Gasteiger partial charge < -0.3 is 15.9 Å². The highest BCUT2D eigenvalue weighted by molar-refractivity contribution is 6.25. The van der Waals surface area contributed by atoms with Crippen molar-refractivity contribution in [3.05, 3.63) is 0 Å². The molecule has 1 radical (unpaired) electrons. The van der Waals surface area contributed by atoms with E-state index in [1.54, 1.807) is 0 Å². The first-order valence-electron chi connectivity index (χ1n) is 7.42. The zero-order valence-electron chi connectivity index (χ0n) is 12.2. The number of carboxylic acid groups (broad SMARTS) is 1. The monoisotopic (exact) mass is 268 g/mol. The quantitative estimate of drug-likeness (QED) is 0.465. The number of carboxylic acids is 1. The maximum absolute atomic E-state index is 11.6. The highest BCUT2D eigenvalue weighted by atomic mass is 16.4. The van der Waals surface area contributed by atoms with Crippen LogP contribution in [0.5, 0.6) is 0 Å². The Morgan fingerprint density at radius 2 is 2.16 bits per heavy atom. The highest BCUT2D eigenvalue weighted by Gasteiger charge is 2.55. The van der Waals surface area contributed by atoms with Crippen molar-refractivity contribution in [2.75, 3.05) is 0 Å². The van der Waals surface area contributed by atoms with E-state index in [1.165, 1.54) is 0 Å². The number of rotatable bonds is 8. The van der Waals surface area contributed by atoms with Gasteiger partial charge in [0.25, 0.3) is 7.48 Å². The van der Waals surface area contributed by atoms with Crippen LogP contribution in [0, 0.1) is 11.3 Å². The molecular weight excluding hydrogens is 241 g/mol. The minimum atomic E-state index is -1.08. The SMILES string of the molecule is CCCC1(CC)CC(CCC[B]O)C(N)(C(=O)O)C1. The van der Waals surface area contributed by atoms with Crippen LogP contribution in [0.3, 0.4) is 0 Å². The summed E-state index contributed by atoms with van der Waals surface area (Å²) in [6, 6.07) is 0. The van der Waals surface area contributed by atoms with Crippen LogP contribution >= 0.6 is 0 Å². The van der Waals surface area contributed by atoms with Gasteiger partial charge in [-0.3, -0.25) is 4.79 Å². The Kier molecular flexibility index (Phi) is 5.87. The van der Waals surface area contributed by atoms with Crippen molar-refractivity contribution in [3.8, 4) is 0 Å². The minimum absolute atomic E-state index is 0.0245. The van der Waals surface area contributed by atoms with Crippen LogP contribution in [-0.2, 0) is 4.79 Å². The van der Waals surface area contributed by atoms with E-state index in [0.717, 1.165) is 46.0 Å². The Bertz CT molecular complexity index is 313. The van der Waals surface area contributed by atoms with Crippen LogP contribution in [0.4, 0.5) is 0 Å². The summed E-state index contributed by atoms with van der Waals surface area (Å²) in [7, 11) is 1.15. The maximum atomic E-state index is 11.6. The van der Waals surface area contributed by atoms with E-state index in [9.17, 15) is 9.90 Å². The van der Waals surface area contributed by atoms with E-state index >= 15 is 0 Å². The summed E-state index contributed by atoms with van der Waals surface area (Å²) in [6.45, 7) is 4.28. The first-order chi connectivity index (χ1) is 8.94. The number of hydrogen-bond donors (Lipinski definition) is 3. The normalized spacial score (nSPS) is 34.4. The van der Waals surface area contributed by atoms with Gasteiger partial charge in [-0.25, -0.2) is 0 Å². The second-order valence-corrected chi connectivity index (χ2v) is 6.14. The van der Waals surface area contributed by atoms with Gasteiger partial charge >= 0.3 is 5.97 Å². The minimum Gasteiger partial charge on any atom is -0.480 e. The fourth-order valence-corrected chi connectivity index (χ4v) is 3.77. The number of nitrogens with two attached hydrogens (primary N) is 1. The molecule has 1 aliphatic carbocycles. The smallest absolute Gasteiger partial charge is 0.323 e. The second-order valence-electron chi connectivity index (χ2n) is 6.14. The molecule has 1 saturated carbocycles. The highest BCUT2D eigenvalue weighted by Crippen LogP contribution is 2.53. The molecule has 19 heavy (non-hydrogen) atoms. The zero-order valence-corrected chi connectivity index (χ0v) is 12.2. The van der Waals surface area contributed by atoms with Gasteiger partial charge in [0.15, 0.2) is 0 Å². The molecule has 0 saturated heterocycles. The summed E-state index contributed by atoms with van der Waals surface area (Å²) in [6.07, 6.45) is 6.82. The van der Waals surface area contributed by atoms with Crippen LogP contribution in [0.15, 0.2) is 0 Å². The lowest BCUT2D eigenvalue weighted by atomic mass is 9.77. The lowest BCUT2D eigenvalue weighted by molar-refractivity contribution is -0.145. The van der Waals surface area contributed by atoms with Crippen LogP contribution in [0.25, 0.3) is 0 Å². The van der Waals surface area contributed by atoms with E-state index in [1.807, 2.05) is 0 Å².